The highest BCUT2D eigenvalue weighted by Gasteiger charge is 2.29. The number of aromatic nitrogens is 1. The molecule has 0 atom stereocenters. The molecule has 0 saturated carbocycles. The highest BCUT2D eigenvalue weighted by atomic mass is 19.1. The van der Waals surface area contributed by atoms with Crippen molar-refractivity contribution >= 4 is 33.9 Å². The number of hydrogen-bond donors (Lipinski definition) is 0. The molecule has 9 heteroatoms. The molecule has 6 rings (SSSR count). The van der Waals surface area contributed by atoms with E-state index in [0.29, 0.717) is 31.7 Å². The predicted octanol–water partition coefficient (Wildman–Crippen LogP) is 5.41. The molecule has 0 spiro atoms. The maximum Gasteiger partial charge on any atom is 0.290 e. The molecular weight excluding hydrogens is 588 g/mol. The Morgan fingerprint density at radius 1 is 0.739 bits per heavy atom. The first-order valence-electron chi connectivity index (χ1n) is 15.1. The summed E-state index contributed by atoms with van der Waals surface area (Å²) < 4.78 is 29.2. The Labute approximate surface area is 264 Å². The molecule has 5 aromatic rings. The number of rotatable bonds is 9. The monoisotopic (exact) mass is 619 g/mol. The van der Waals surface area contributed by atoms with Gasteiger partial charge in [-0.05, 0) is 53.3 Å². The molecule has 46 heavy (non-hydrogen) atoms. The number of anilines is 1. The predicted molar refractivity (Wildman–Crippen MR) is 172 cm³/mol. The molecular formula is C37H31F2N3O4. The van der Waals surface area contributed by atoms with Gasteiger partial charge in [0, 0.05) is 49.0 Å². The van der Waals surface area contributed by atoms with Crippen LogP contribution in [-0.4, -0.2) is 53.1 Å². The lowest BCUT2D eigenvalue weighted by Crippen LogP contribution is -2.51. The molecule has 4 aromatic carbocycles. The molecule has 2 heterocycles. The van der Waals surface area contributed by atoms with Crippen LogP contribution in [0.25, 0.3) is 10.8 Å². The highest BCUT2D eigenvalue weighted by Crippen LogP contribution is 2.27. The van der Waals surface area contributed by atoms with Crippen LogP contribution in [0.4, 0.5) is 14.5 Å². The van der Waals surface area contributed by atoms with Crippen molar-refractivity contribution in [2.45, 2.75) is 19.4 Å². The second-order valence-corrected chi connectivity index (χ2v) is 11.4. The van der Waals surface area contributed by atoms with Crippen molar-refractivity contribution in [3.63, 3.8) is 0 Å². The van der Waals surface area contributed by atoms with Gasteiger partial charge in [0.25, 0.3) is 11.5 Å². The van der Waals surface area contributed by atoms with Crippen molar-refractivity contribution in [3.8, 4) is 0 Å². The normalized spacial score (nSPS) is 13.2. The van der Waals surface area contributed by atoms with E-state index in [4.69, 9.17) is 0 Å². The Bertz CT molecular complexity index is 1990. The van der Waals surface area contributed by atoms with Gasteiger partial charge in [-0.3, -0.25) is 19.2 Å². The maximum atomic E-state index is 14.5. The number of ketones is 2. The zero-order valence-corrected chi connectivity index (χ0v) is 25.0. The number of pyridine rings is 1. The van der Waals surface area contributed by atoms with Crippen molar-refractivity contribution in [1.29, 1.82) is 0 Å². The molecule has 0 N–H and O–H groups in total. The Balaban J connectivity index is 1.18. The topological polar surface area (TPSA) is 79.7 Å². The van der Waals surface area contributed by atoms with Gasteiger partial charge in [0.05, 0.1) is 18.5 Å². The van der Waals surface area contributed by atoms with E-state index in [1.807, 2.05) is 36.4 Å². The molecule has 0 bridgehead atoms. The number of halogens is 2. The molecule has 0 radical (unpaired) electrons. The number of carbonyl (C=O) groups excluding carboxylic acids is 3. The SMILES string of the molecule is O=C(CC(=O)c1cc(Cc2ccc(F)cc2)cn(Cc2ccccc2F)c1=O)C(=O)N1CCN(c2cccc3ccccc23)CC1. The van der Waals surface area contributed by atoms with Crippen LogP contribution in [0.1, 0.15) is 33.5 Å². The van der Waals surface area contributed by atoms with Crippen LogP contribution >= 0.6 is 0 Å². The quantitative estimate of drug-likeness (QED) is 0.125. The first kappa shape index (κ1) is 30.6. The average molecular weight is 620 g/mol. The summed E-state index contributed by atoms with van der Waals surface area (Å²) in [5.41, 5.74) is 1.60. The molecule has 1 aliphatic heterocycles. The van der Waals surface area contributed by atoms with Crippen molar-refractivity contribution < 1.29 is 23.2 Å². The van der Waals surface area contributed by atoms with Gasteiger partial charge in [0.1, 0.15) is 11.6 Å². The number of nitrogens with zero attached hydrogens (tertiary/aromatic N) is 3. The Morgan fingerprint density at radius 3 is 2.20 bits per heavy atom. The fraction of sp³-hybridized carbons (Fsp3) is 0.189. The van der Waals surface area contributed by atoms with E-state index >= 15 is 0 Å². The summed E-state index contributed by atoms with van der Waals surface area (Å²) >= 11 is 0. The van der Waals surface area contributed by atoms with E-state index in [1.165, 1.54) is 52.1 Å². The minimum atomic E-state index is -0.896. The van der Waals surface area contributed by atoms with Crippen LogP contribution in [0.2, 0.25) is 0 Å². The van der Waals surface area contributed by atoms with Crippen LogP contribution in [-0.2, 0) is 22.6 Å². The fourth-order valence-electron chi connectivity index (χ4n) is 5.89. The summed E-state index contributed by atoms with van der Waals surface area (Å²) in [6.45, 7) is 1.52. The van der Waals surface area contributed by atoms with Gasteiger partial charge in [0.2, 0.25) is 5.78 Å². The van der Waals surface area contributed by atoms with Crippen molar-refractivity contribution in [1.82, 2.24) is 9.47 Å². The van der Waals surface area contributed by atoms with Gasteiger partial charge in [-0.1, -0.05) is 66.7 Å². The number of benzene rings is 4. The summed E-state index contributed by atoms with van der Waals surface area (Å²) in [6.07, 6.45) is 1.01. The van der Waals surface area contributed by atoms with Gasteiger partial charge in [-0.2, -0.15) is 0 Å². The third-order valence-corrected chi connectivity index (χ3v) is 8.30. The van der Waals surface area contributed by atoms with Gasteiger partial charge in [-0.25, -0.2) is 8.78 Å². The van der Waals surface area contributed by atoms with E-state index in [1.54, 1.807) is 18.2 Å². The van der Waals surface area contributed by atoms with E-state index in [9.17, 15) is 28.0 Å². The summed E-state index contributed by atoms with van der Waals surface area (Å²) in [7, 11) is 0. The molecule has 1 saturated heterocycles. The lowest BCUT2D eigenvalue weighted by Gasteiger charge is -2.36. The largest absolute Gasteiger partial charge is 0.367 e. The van der Waals surface area contributed by atoms with Crippen molar-refractivity contribution in [2.24, 2.45) is 0 Å². The number of amides is 1. The molecule has 7 nitrogen and oxygen atoms in total. The van der Waals surface area contributed by atoms with E-state index in [2.05, 4.69) is 11.0 Å². The van der Waals surface area contributed by atoms with Crippen LogP contribution in [0.3, 0.4) is 0 Å². The van der Waals surface area contributed by atoms with Gasteiger partial charge in [0.15, 0.2) is 5.78 Å². The first-order chi connectivity index (χ1) is 22.3. The summed E-state index contributed by atoms with van der Waals surface area (Å²) in [5, 5.41) is 2.22. The zero-order chi connectivity index (χ0) is 32.2. The van der Waals surface area contributed by atoms with Gasteiger partial charge < -0.3 is 14.4 Å². The number of carbonyl (C=O) groups is 3. The first-order valence-corrected chi connectivity index (χ1v) is 15.1. The minimum absolute atomic E-state index is 0.142. The third kappa shape index (κ3) is 6.63. The van der Waals surface area contributed by atoms with Crippen molar-refractivity contribution in [2.75, 3.05) is 31.1 Å². The minimum Gasteiger partial charge on any atom is -0.367 e. The zero-order valence-electron chi connectivity index (χ0n) is 25.0. The Morgan fingerprint density at radius 2 is 1.43 bits per heavy atom. The summed E-state index contributed by atoms with van der Waals surface area (Å²) in [4.78, 5) is 56.7. The lowest BCUT2D eigenvalue weighted by molar-refractivity contribution is -0.144. The summed E-state index contributed by atoms with van der Waals surface area (Å²) in [6, 6.07) is 27.3. The summed E-state index contributed by atoms with van der Waals surface area (Å²) in [5.74, 6) is -3.36. The number of fused-ring (bicyclic) bond motifs is 1. The van der Waals surface area contributed by atoms with E-state index in [-0.39, 0.29) is 24.1 Å². The number of Topliss-reactive ketones (excluding diaryl/α,β-unsaturated/α-hetero) is 2. The van der Waals surface area contributed by atoms with Crippen LogP contribution in [0.5, 0.6) is 0 Å². The smallest absolute Gasteiger partial charge is 0.290 e. The number of piperazine rings is 1. The van der Waals surface area contributed by atoms with Crippen molar-refractivity contribution in [3.05, 3.63) is 148 Å². The lowest BCUT2D eigenvalue weighted by atomic mass is 10.0. The second kappa shape index (κ2) is 13.3. The Hall–Kier alpha value is -5.44. The molecule has 0 aliphatic carbocycles. The van der Waals surface area contributed by atoms with Crippen LogP contribution in [0, 0.1) is 11.6 Å². The molecule has 1 aromatic heterocycles. The molecule has 0 unspecified atom stereocenters. The number of hydrogen-bond acceptors (Lipinski definition) is 5. The highest BCUT2D eigenvalue weighted by molar-refractivity contribution is 6.40. The molecule has 232 valence electrons. The second-order valence-electron chi connectivity index (χ2n) is 11.4. The van der Waals surface area contributed by atoms with E-state index < -0.39 is 41.1 Å². The molecule has 1 fully saturated rings. The van der Waals surface area contributed by atoms with Crippen LogP contribution < -0.4 is 10.5 Å². The average Bonchev–Trinajstić information content (AvgIpc) is 3.07. The van der Waals surface area contributed by atoms with Gasteiger partial charge in [-0.15, -0.1) is 0 Å². The third-order valence-electron chi connectivity index (χ3n) is 8.30. The maximum absolute atomic E-state index is 14.5. The standard InChI is InChI=1S/C37H31F2N3O4/c38-29-14-12-25(13-15-29)20-26-21-31(36(45)42(23-26)24-28-7-2-4-10-32(28)39)34(43)22-35(44)37(46)41-18-16-40(17-19-41)33-11-5-8-27-6-1-3-9-30(27)33/h1-15,21,23H,16-20,22,24H2. The van der Waals surface area contributed by atoms with E-state index in [0.717, 1.165) is 22.0 Å². The molecule has 1 amide bonds. The molecule has 1 aliphatic rings. The Kier molecular flexibility index (Phi) is 8.83. The fourth-order valence-corrected chi connectivity index (χ4v) is 5.89. The van der Waals surface area contributed by atoms with Gasteiger partial charge >= 0.3 is 0 Å². The van der Waals surface area contributed by atoms with Crippen LogP contribution in [0.15, 0.2) is 108 Å².